The number of phosphoric ester groups is 1. The fraction of sp³-hybridized carbons (Fsp3) is 0.731. The van der Waals surface area contributed by atoms with Crippen molar-refractivity contribution in [2.45, 2.75) is 277 Å². The van der Waals surface area contributed by atoms with E-state index in [0.717, 1.165) is 83.5 Å². The molecule has 0 bridgehead atoms. The Morgan fingerprint density at radius 3 is 1.30 bits per heavy atom. The Kier molecular flexibility index (Phi) is 54.0. The summed E-state index contributed by atoms with van der Waals surface area (Å²) in [5.74, 6) is -0.576. The van der Waals surface area contributed by atoms with Gasteiger partial charge in [0.1, 0.15) is 19.3 Å². The number of ether oxygens (including phenoxy) is 1. The number of nitrogens with one attached hydrogen (secondary N) is 1. The lowest BCUT2D eigenvalue weighted by Gasteiger charge is -2.27. The molecule has 0 aliphatic rings. The van der Waals surface area contributed by atoms with Crippen molar-refractivity contribution in [1.29, 1.82) is 0 Å². The molecular formula is C67H120N2O7P+. The maximum Gasteiger partial charge on any atom is 0.472 e. The lowest BCUT2D eigenvalue weighted by molar-refractivity contribution is -0.870. The van der Waals surface area contributed by atoms with E-state index in [1.165, 1.54) is 141 Å². The third-order valence-electron chi connectivity index (χ3n) is 13.5. The number of carbonyl (C=O) groups excluding carboxylic acids is 2. The van der Waals surface area contributed by atoms with Gasteiger partial charge < -0.3 is 19.4 Å². The molecule has 0 saturated carbocycles. The first kappa shape index (κ1) is 73.9. The van der Waals surface area contributed by atoms with Crippen molar-refractivity contribution in [3.8, 4) is 0 Å². The summed E-state index contributed by atoms with van der Waals surface area (Å²) in [6.07, 6.45) is 75.7. The minimum atomic E-state index is -4.47. The van der Waals surface area contributed by atoms with E-state index in [9.17, 15) is 19.0 Å². The summed E-state index contributed by atoms with van der Waals surface area (Å²) < 4.78 is 30.6. The zero-order valence-electron chi connectivity index (χ0n) is 50.7. The zero-order chi connectivity index (χ0) is 56.4. The van der Waals surface area contributed by atoms with Crippen molar-refractivity contribution >= 4 is 19.7 Å². The average molecular weight is 1100 g/mol. The van der Waals surface area contributed by atoms with Gasteiger partial charge in [0.05, 0.1) is 33.8 Å². The zero-order valence-corrected chi connectivity index (χ0v) is 51.6. The number of hydrogen-bond donors (Lipinski definition) is 2. The minimum absolute atomic E-state index is 0.0257. The van der Waals surface area contributed by atoms with Gasteiger partial charge in [-0.1, -0.05) is 247 Å². The van der Waals surface area contributed by atoms with E-state index < -0.39 is 20.0 Å². The molecule has 444 valence electrons. The molecule has 10 heteroatoms. The number of rotatable bonds is 56. The topological polar surface area (TPSA) is 111 Å². The number of allylic oxidation sites excluding steroid dienone is 15. The van der Waals surface area contributed by atoms with Crippen LogP contribution in [-0.2, 0) is 27.9 Å². The molecule has 0 aromatic heterocycles. The summed E-state index contributed by atoms with van der Waals surface area (Å²) in [7, 11) is 1.45. The maximum atomic E-state index is 13.5. The highest BCUT2D eigenvalue weighted by Crippen LogP contribution is 2.43. The van der Waals surface area contributed by atoms with Gasteiger partial charge in [0.15, 0.2) is 0 Å². The monoisotopic (exact) mass is 1100 g/mol. The largest absolute Gasteiger partial charge is 0.472 e. The number of hydrogen-bond acceptors (Lipinski definition) is 6. The smallest absolute Gasteiger partial charge is 0.456 e. The lowest BCUT2D eigenvalue weighted by atomic mass is 10.0. The van der Waals surface area contributed by atoms with Crippen molar-refractivity contribution in [1.82, 2.24) is 5.32 Å². The number of quaternary nitrogens is 1. The molecule has 2 N–H and O–H groups in total. The summed E-state index contributed by atoms with van der Waals surface area (Å²) >= 11 is 0. The molecule has 9 nitrogen and oxygen atoms in total. The molecule has 1 amide bonds. The number of amides is 1. The second-order valence-electron chi connectivity index (χ2n) is 22.2. The van der Waals surface area contributed by atoms with Gasteiger partial charge in [-0.25, -0.2) is 4.57 Å². The SMILES string of the molecule is CC/C=C\C/C=C\C/C=C\C/C=C\C/C=C\CCCC(=O)NC(COP(=O)(O)OCC[N+](C)(C)C)C(/C=C\CCCCCCCCCCC)OC(=O)CCCCCCCCCCCCCCC/C=C\C/C=C\CCCCC. The Morgan fingerprint density at radius 1 is 0.468 bits per heavy atom. The van der Waals surface area contributed by atoms with E-state index in [1.54, 1.807) is 0 Å². The van der Waals surface area contributed by atoms with Gasteiger partial charge in [-0.15, -0.1) is 0 Å². The molecule has 0 aromatic rings. The Labute approximate surface area is 475 Å². The Hall–Kier alpha value is -3.07. The first-order chi connectivity index (χ1) is 37.4. The van der Waals surface area contributed by atoms with E-state index in [-0.39, 0.29) is 37.9 Å². The fourth-order valence-corrected chi connectivity index (χ4v) is 9.39. The quantitative estimate of drug-likeness (QED) is 0.0205. The van der Waals surface area contributed by atoms with Gasteiger partial charge in [-0.3, -0.25) is 18.6 Å². The van der Waals surface area contributed by atoms with Crippen LogP contribution in [0.25, 0.3) is 0 Å². The van der Waals surface area contributed by atoms with Gasteiger partial charge in [0.25, 0.3) is 0 Å². The van der Waals surface area contributed by atoms with Crippen molar-refractivity contribution in [2.24, 2.45) is 0 Å². The van der Waals surface area contributed by atoms with E-state index in [2.05, 4.69) is 111 Å². The van der Waals surface area contributed by atoms with E-state index in [1.807, 2.05) is 33.3 Å². The van der Waals surface area contributed by atoms with E-state index >= 15 is 0 Å². The first-order valence-corrected chi connectivity index (χ1v) is 33.1. The van der Waals surface area contributed by atoms with Crippen LogP contribution in [0.5, 0.6) is 0 Å². The Bertz CT molecular complexity index is 1640. The second-order valence-corrected chi connectivity index (χ2v) is 23.6. The Balaban J connectivity index is 5.22. The molecule has 0 spiro atoms. The molecule has 0 aliphatic heterocycles. The Morgan fingerprint density at radius 2 is 0.844 bits per heavy atom. The molecule has 3 unspecified atom stereocenters. The molecule has 0 heterocycles. The number of esters is 1. The van der Waals surface area contributed by atoms with Crippen molar-refractivity contribution in [2.75, 3.05) is 40.9 Å². The van der Waals surface area contributed by atoms with Gasteiger partial charge in [-0.05, 0) is 102 Å². The van der Waals surface area contributed by atoms with Crippen LogP contribution in [0.1, 0.15) is 265 Å². The minimum Gasteiger partial charge on any atom is -0.456 e. The van der Waals surface area contributed by atoms with E-state index in [0.29, 0.717) is 17.4 Å². The fourth-order valence-electron chi connectivity index (χ4n) is 8.65. The van der Waals surface area contributed by atoms with Crippen LogP contribution in [0, 0.1) is 0 Å². The van der Waals surface area contributed by atoms with Crippen LogP contribution in [0.15, 0.2) is 97.2 Å². The van der Waals surface area contributed by atoms with E-state index in [4.69, 9.17) is 13.8 Å². The van der Waals surface area contributed by atoms with Gasteiger partial charge in [-0.2, -0.15) is 0 Å². The summed E-state index contributed by atoms with van der Waals surface area (Å²) in [4.78, 5) is 37.7. The van der Waals surface area contributed by atoms with Gasteiger partial charge >= 0.3 is 13.8 Å². The average Bonchev–Trinajstić information content (AvgIpc) is 3.39. The number of likely N-dealkylation sites (N-methyl/N-ethyl adjacent to an activating group) is 1. The molecule has 0 aromatic carbocycles. The second kappa shape index (κ2) is 56.2. The van der Waals surface area contributed by atoms with Crippen molar-refractivity contribution < 1.29 is 37.3 Å². The van der Waals surface area contributed by atoms with Crippen molar-refractivity contribution in [3.05, 3.63) is 97.2 Å². The third kappa shape index (κ3) is 57.4. The molecule has 0 rings (SSSR count). The lowest BCUT2D eigenvalue weighted by Crippen LogP contribution is -2.47. The molecule has 0 fully saturated rings. The molecule has 3 atom stereocenters. The highest BCUT2D eigenvalue weighted by atomic mass is 31.2. The van der Waals surface area contributed by atoms with Crippen LogP contribution in [0.2, 0.25) is 0 Å². The molecular weight excluding hydrogens is 976 g/mol. The van der Waals surface area contributed by atoms with Crippen LogP contribution < -0.4 is 5.32 Å². The predicted molar refractivity (Wildman–Crippen MR) is 332 cm³/mol. The third-order valence-corrected chi connectivity index (χ3v) is 14.5. The van der Waals surface area contributed by atoms with Crippen molar-refractivity contribution in [3.63, 3.8) is 0 Å². The van der Waals surface area contributed by atoms with Crippen LogP contribution in [-0.4, -0.2) is 74.3 Å². The molecule has 77 heavy (non-hydrogen) atoms. The van der Waals surface area contributed by atoms with Crippen LogP contribution in [0.3, 0.4) is 0 Å². The molecule has 0 radical (unpaired) electrons. The van der Waals surface area contributed by atoms with Gasteiger partial charge in [0.2, 0.25) is 5.91 Å². The van der Waals surface area contributed by atoms with Crippen LogP contribution >= 0.6 is 7.82 Å². The summed E-state index contributed by atoms with van der Waals surface area (Å²) in [5.41, 5.74) is 0. The predicted octanol–water partition coefficient (Wildman–Crippen LogP) is 19.6. The number of unbranched alkanes of at least 4 members (excludes halogenated alkanes) is 26. The highest BCUT2D eigenvalue weighted by Gasteiger charge is 2.30. The highest BCUT2D eigenvalue weighted by molar-refractivity contribution is 7.47. The number of carbonyl (C=O) groups is 2. The normalized spacial score (nSPS) is 14.3. The summed E-state index contributed by atoms with van der Waals surface area (Å²) in [6.45, 7) is 6.82. The standard InChI is InChI=1S/C67H119N2O7P/c1-7-10-13-16-19-22-25-27-29-31-32-33-34-35-36-38-40-42-45-48-51-54-57-60-67(71)76-65(58-55-52-49-46-43-24-21-18-15-12-9-3)64(63-75-77(72,73)74-62-61-69(4,5)6)68-66(70)59-56-53-50-47-44-41-39-37-30-28-26-23-20-17-14-11-8-2/h11,14,19-20,22-23,27-30,39,41,47,50,55,58,64-65H,7-10,12-13,15-18,21,24-26,31-38,40,42-46,48-49,51-54,56-57,59-63H2,1-6H3,(H-,68,70,72,73)/p+1/b14-11-,22-19-,23-20-,29-27-,30-28-,41-39-,50-47-,58-55-. The maximum absolute atomic E-state index is 13.5. The molecule has 0 aliphatic carbocycles. The first-order valence-electron chi connectivity index (χ1n) is 31.6. The van der Waals surface area contributed by atoms with Crippen LogP contribution in [0.4, 0.5) is 0 Å². The summed E-state index contributed by atoms with van der Waals surface area (Å²) in [5, 5.41) is 3.02. The summed E-state index contributed by atoms with van der Waals surface area (Å²) in [6, 6.07) is -0.883. The molecule has 0 saturated heterocycles. The van der Waals surface area contributed by atoms with Gasteiger partial charge in [0, 0.05) is 12.8 Å². The number of nitrogens with zero attached hydrogens (tertiary/aromatic N) is 1. The number of phosphoric acid groups is 1.